The molecule has 4 heteroatoms. The Kier molecular flexibility index (Phi) is 19.2. The van der Waals surface area contributed by atoms with Gasteiger partial charge in [0, 0.05) is 0 Å². The quantitative estimate of drug-likeness (QED) is 0.137. The summed E-state index contributed by atoms with van der Waals surface area (Å²) in [5, 5.41) is 5.99. The SMILES string of the molecule is CCCCCc1ccc(C)c2[cH-]c(C)c(C)c12.CCCCCc1ccc(C)c2[cH-]c(C)c(C)c12.C[Si](C)=[Zr+2].[Cl-].[Cl-]. The van der Waals surface area contributed by atoms with Crippen LogP contribution in [0.3, 0.4) is 0 Å². The third-order valence-electron chi connectivity index (χ3n) is 7.85. The molecule has 0 N–H and O–H groups in total. The Bertz CT molecular complexity index is 1240. The molecule has 40 heavy (non-hydrogen) atoms. The molecular weight excluding hydrogens is 623 g/mol. The molecular formula is C36H52Cl2SiZr-2. The second kappa shape index (κ2) is 19.5. The Morgan fingerprint density at radius 3 is 1.23 bits per heavy atom. The van der Waals surface area contributed by atoms with Crippen molar-refractivity contribution in [2.24, 2.45) is 0 Å². The number of halogens is 2. The molecule has 4 rings (SSSR count). The first-order chi connectivity index (χ1) is 18.0. The number of aryl methyl sites for hydroxylation is 8. The van der Waals surface area contributed by atoms with Gasteiger partial charge in [0.15, 0.2) is 0 Å². The van der Waals surface area contributed by atoms with E-state index >= 15 is 0 Å². The van der Waals surface area contributed by atoms with E-state index in [1.807, 2.05) is 0 Å². The normalized spacial score (nSPS) is 10.3. The van der Waals surface area contributed by atoms with Crippen molar-refractivity contribution in [2.45, 2.75) is 120 Å². The summed E-state index contributed by atoms with van der Waals surface area (Å²) in [7, 11) is 0. The van der Waals surface area contributed by atoms with Crippen molar-refractivity contribution >= 4 is 27.0 Å². The predicted octanol–water partition coefficient (Wildman–Crippen LogP) is 5.23. The van der Waals surface area contributed by atoms with Gasteiger partial charge in [0.05, 0.1) is 0 Å². The van der Waals surface area contributed by atoms with Crippen LogP contribution in [0.1, 0.15) is 96.9 Å². The van der Waals surface area contributed by atoms with Crippen LogP contribution in [0.5, 0.6) is 0 Å². The van der Waals surface area contributed by atoms with Crippen LogP contribution in [0.25, 0.3) is 21.5 Å². The van der Waals surface area contributed by atoms with E-state index in [0.29, 0.717) is 0 Å². The molecule has 0 aliphatic rings. The fourth-order valence-electron chi connectivity index (χ4n) is 5.39. The van der Waals surface area contributed by atoms with E-state index in [2.05, 4.69) is 105 Å². The first kappa shape index (κ1) is 39.3. The summed E-state index contributed by atoms with van der Waals surface area (Å²) in [5.41, 5.74) is 12.0. The average molecular weight is 675 g/mol. The number of hydrogen-bond donors (Lipinski definition) is 0. The van der Waals surface area contributed by atoms with Gasteiger partial charge >= 0.3 is 41.9 Å². The van der Waals surface area contributed by atoms with Gasteiger partial charge in [0.1, 0.15) is 0 Å². The Balaban J connectivity index is 0.000000643. The van der Waals surface area contributed by atoms with E-state index in [9.17, 15) is 0 Å². The minimum atomic E-state index is 0. The Hall–Kier alpha value is -0.660. The van der Waals surface area contributed by atoms with Gasteiger partial charge in [-0.3, -0.25) is 0 Å². The van der Waals surface area contributed by atoms with Crippen LogP contribution in [-0.2, 0) is 36.2 Å². The van der Waals surface area contributed by atoms with E-state index in [0.717, 1.165) is 0 Å². The molecule has 220 valence electrons. The first-order valence-corrected chi connectivity index (χ1v) is 21.0. The Morgan fingerprint density at radius 1 is 0.600 bits per heavy atom. The molecule has 0 saturated carbocycles. The largest absolute Gasteiger partial charge is 1.00 e. The molecule has 0 radical (unpaired) electrons. The topological polar surface area (TPSA) is 0 Å². The number of rotatable bonds is 8. The van der Waals surface area contributed by atoms with Gasteiger partial charge in [-0.1, -0.05) is 117 Å². The molecule has 0 spiro atoms. The van der Waals surface area contributed by atoms with E-state index < -0.39 is 0 Å². The summed E-state index contributed by atoms with van der Waals surface area (Å²) in [4.78, 5) is 0. The van der Waals surface area contributed by atoms with Crippen molar-refractivity contribution in [1.82, 2.24) is 0 Å². The minimum absolute atomic E-state index is 0. The van der Waals surface area contributed by atoms with E-state index in [1.54, 1.807) is 34.5 Å². The molecule has 4 aromatic rings. The zero-order valence-electron chi connectivity index (χ0n) is 26.9. The summed E-state index contributed by atoms with van der Waals surface area (Å²) in [6.45, 7) is 22.6. The molecule has 0 atom stereocenters. The van der Waals surface area contributed by atoms with Crippen molar-refractivity contribution in [2.75, 3.05) is 0 Å². The number of hydrogen-bond acceptors (Lipinski definition) is 0. The van der Waals surface area contributed by atoms with Gasteiger partial charge in [-0.25, -0.2) is 0 Å². The van der Waals surface area contributed by atoms with Crippen molar-refractivity contribution in [1.29, 1.82) is 0 Å². The summed E-state index contributed by atoms with van der Waals surface area (Å²) in [6.07, 6.45) is 10.4. The maximum absolute atomic E-state index is 2.35. The number of unbranched alkanes of at least 4 members (excludes halogenated alkanes) is 4. The van der Waals surface area contributed by atoms with E-state index in [-0.39, 0.29) is 30.2 Å². The monoisotopic (exact) mass is 672 g/mol. The fourth-order valence-corrected chi connectivity index (χ4v) is 5.39. The molecule has 0 heterocycles. The third-order valence-corrected chi connectivity index (χ3v) is 7.85. The van der Waals surface area contributed by atoms with Gasteiger partial charge in [-0.2, -0.15) is 11.1 Å². The van der Waals surface area contributed by atoms with Gasteiger partial charge in [0.2, 0.25) is 0 Å². The second-order valence-electron chi connectivity index (χ2n) is 11.5. The van der Waals surface area contributed by atoms with Crippen LogP contribution in [0.2, 0.25) is 13.1 Å². The molecule has 0 bridgehead atoms. The maximum Gasteiger partial charge on any atom is -1.00 e. The zero-order valence-corrected chi connectivity index (χ0v) is 31.8. The molecule has 0 amide bonds. The third kappa shape index (κ3) is 10.9. The minimum Gasteiger partial charge on any atom is -1.00 e. The molecule has 0 fully saturated rings. The van der Waals surface area contributed by atoms with Crippen molar-refractivity contribution in [3.63, 3.8) is 0 Å². The van der Waals surface area contributed by atoms with Crippen LogP contribution >= 0.6 is 0 Å². The molecule has 0 aliphatic heterocycles. The van der Waals surface area contributed by atoms with Crippen molar-refractivity contribution in [3.8, 4) is 0 Å². The fraction of sp³-hybridized carbons (Fsp3) is 0.500. The summed E-state index contributed by atoms with van der Waals surface area (Å²) in [6, 6.07) is 13.9. The van der Waals surface area contributed by atoms with Crippen molar-refractivity contribution < 1.29 is 48.1 Å². The van der Waals surface area contributed by atoms with Gasteiger partial charge in [-0.05, 0) is 12.8 Å². The second-order valence-corrected chi connectivity index (χ2v) is 20.9. The standard InChI is InChI=1S/2C17H23.C2H6Si.2ClH.Zr/c2*1-5-6-7-8-15-10-9-12(2)16-11-13(3)14(4)17(15)16;1-3-2;;;/h2*9-11H,5-8H2,1-4H3;1-2H3;2*1H;/q2*-1;;;;+2/p-2. The molecule has 0 unspecified atom stereocenters. The van der Waals surface area contributed by atoms with Gasteiger partial charge in [-0.15, -0.1) is 68.1 Å². The van der Waals surface area contributed by atoms with Crippen LogP contribution in [0.4, 0.5) is 0 Å². The Labute approximate surface area is 274 Å². The van der Waals surface area contributed by atoms with Crippen LogP contribution in [0, 0.1) is 41.5 Å². The van der Waals surface area contributed by atoms with Crippen LogP contribution in [0.15, 0.2) is 36.4 Å². The van der Waals surface area contributed by atoms with Crippen molar-refractivity contribution in [3.05, 3.63) is 80.9 Å². The zero-order chi connectivity index (χ0) is 28.4. The summed E-state index contributed by atoms with van der Waals surface area (Å²) >= 11 is 1.74. The predicted molar refractivity (Wildman–Crippen MR) is 171 cm³/mol. The number of fused-ring (bicyclic) bond motifs is 2. The molecule has 0 aliphatic carbocycles. The van der Waals surface area contributed by atoms with E-state index in [4.69, 9.17) is 0 Å². The molecule has 0 saturated heterocycles. The molecule has 0 aromatic heterocycles. The van der Waals surface area contributed by atoms with E-state index in [1.165, 1.54) is 106 Å². The van der Waals surface area contributed by atoms with Gasteiger partial charge < -0.3 is 24.8 Å². The summed E-state index contributed by atoms with van der Waals surface area (Å²) in [5.74, 6) is 0. The number of benzene rings is 2. The first-order valence-electron chi connectivity index (χ1n) is 14.8. The molecule has 0 nitrogen and oxygen atoms in total. The van der Waals surface area contributed by atoms with Crippen LogP contribution < -0.4 is 24.8 Å². The molecule has 4 aromatic carbocycles. The smallest absolute Gasteiger partial charge is 1.00 e. The average Bonchev–Trinajstić information content (AvgIpc) is 3.34. The maximum atomic E-state index is 2.35. The van der Waals surface area contributed by atoms with Crippen LogP contribution in [-0.4, -0.2) is 5.43 Å². The van der Waals surface area contributed by atoms with Gasteiger partial charge in [0.25, 0.3) is 0 Å². The summed E-state index contributed by atoms with van der Waals surface area (Å²) < 4.78 is 0. The Morgan fingerprint density at radius 2 is 0.925 bits per heavy atom.